The summed E-state index contributed by atoms with van der Waals surface area (Å²) in [5.41, 5.74) is -1.57. The molecular weight excluding hydrogens is 265 g/mol. The molecule has 0 N–H and O–H groups in total. The predicted octanol–water partition coefficient (Wildman–Crippen LogP) is 1.61. The molecule has 0 bridgehead atoms. The van der Waals surface area contributed by atoms with E-state index in [1.165, 1.54) is 13.1 Å². The number of hydrogen-bond donors (Lipinski definition) is 0. The second-order valence-electron chi connectivity index (χ2n) is 4.19. The van der Waals surface area contributed by atoms with Gasteiger partial charge in [-0.2, -0.15) is 0 Å². The highest BCUT2D eigenvalue weighted by Crippen LogP contribution is 2.40. The van der Waals surface area contributed by atoms with Gasteiger partial charge in [0, 0.05) is 11.8 Å². The van der Waals surface area contributed by atoms with Crippen LogP contribution in [-0.4, -0.2) is 35.6 Å². The van der Waals surface area contributed by atoms with Crippen molar-refractivity contribution in [1.82, 2.24) is 9.97 Å². The molecule has 2 heterocycles. The lowest BCUT2D eigenvalue weighted by Crippen LogP contribution is -2.39. The molecule has 2 atom stereocenters. The summed E-state index contributed by atoms with van der Waals surface area (Å²) in [6, 6.07) is 0. The van der Waals surface area contributed by atoms with Crippen LogP contribution in [0.25, 0.3) is 0 Å². The first kappa shape index (κ1) is 13.7. The van der Waals surface area contributed by atoms with Crippen molar-refractivity contribution in [3.8, 4) is 0 Å². The largest absolute Gasteiger partial charge is 0.463 e. The number of hydrogen-bond acceptors (Lipinski definition) is 5. The predicted molar refractivity (Wildman–Crippen MR) is 56.4 cm³/mol. The van der Waals surface area contributed by atoms with E-state index in [2.05, 4.69) is 14.7 Å². The maximum atomic E-state index is 13.7. The number of nitrogens with zero attached hydrogens (tertiary/aromatic N) is 2. The molecule has 1 aromatic heterocycles. The minimum absolute atomic E-state index is 0.0456. The van der Waals surface area contributed by atoms with Crippen LogP contribution in [-0.2, 0) is 21.7 Å². The number of esters is 1. The molecule has 2 rings (SSSR count). The molecule has 0 aliphatic carbocycles. The van der Waals surface area contributed by atoms with Crippen LogP contribution in [0.2, 0.25) is 0 Å². The molecule has 19 heavy (non-hydrogen) atoms. The van der Waals surface area contributed by atoms with Gasteiger partial charge in [0.2, 0.25) is 5.82 Å². The fourth-order valence-electron chi connectivity index (χ4n) is 1.88. The van der Waals surface area contributed by atoms with Crippen molar-refractivity contribution in [3.63, 3.8) is 0 Å². The third-order valence-electron chi connectivity index (χ3n) is 2.98. The van der Waals surface area contributed by atoms with Crippen LogP contribution in [0, 0.1) is 0 Å². The normalized spacial score (nSPS) is 23.3. The zero-order valence-corrected chi connectivity index (χ0v) is 10.2. The molecule has 1 aromatic rings. The molecule has 0 saturated carbocycles. The monoisotopic (exact) mass is 276 g/mol. The third kappa shape index (κ3) is 2.16. The SMILES string of the molecule is COC(=O)c1ncc2c(n1)C(C)(C(F)C(F)F)OC2. The summed E-state index contributed by atoms with van der Waals surface area (Å²) in [6.45, 7) is 1.09. The summed E-state index contributed by atoms with van der Waals surface area (Å²) < 4.78 is 48.3. The minimum Gasteiger partial charge on any atom is -0.463 e. The van der Waals surface area contributed by atoms with Gasteiger partial charge in [-0.1, -0.05) is 0 Å². The van der Waals surface area contributed by atoms with Crippen molar-refractivity contribution in [2.24, 2.45) is 0 Å². The van der Waals surface area contributed by atoms with Crippen LogP contribution in [0.15, 0.2) is 6.20 Å². The lowest BCUT2D eigenvalue weighted by Gasteiger charge is -2.27. The first-order valence-electron chi connectivity index (χ1n) is 5.41. The van der Waals surface area contributed by atoms with E-state index in [1.807, 2.05) is 0 Å². The molecule has 0 spiro atoms. The number of carbonyl (C=O) groups is 1. The molecule has 0 amide bonds. The lowest BCUT2D eigenvalue weighted by atomic mass is 9.95. The molecule has 0 saturated heterocycles. The van der Waals surface area contributed by atoms with Crippen LogP contribution < -0.4 is 0 Å². The summed E-state index contributed by atoms with van der Waals surface area (Å²) in [5, 5.41) is 0. The summed E-state index contributed by atoms with van der Waals surface area (Å²) in [4.78, 5) is 18.8. The van der Waals surface area contributed by atoms with Crippen LogP contribution >= 0.6 is 0 Å². The van der Waals surface area contributed by atoms with E-state index in [0.29, 0.717) is 5.56 Å². The zero-order valence-electron chi connectivity index (χ0n) is 10.2. The molecule has 1 aliphatic heterocycles. The van der Waals surface area contributed by atoms with Crippen LogP contribution in [0.5, 0.6) is 0 Å². The topological polar surface area (TPSA) is 61.3 Å². The van der Waals surface area contributed by atoms with Gasteiger partial charge >= 0.3 is 5.97 Å². The summed E-state index contributed by atoms with van der Waals surface area (Å²) in [6.07, 6.45) is -4.51. The number of rotatable bonds is 3. The molecule has 0 radical (unpaired) electrons. The smallest absolute Gasteiger partial charge is 0.376 e. The van der Waals surface area contributed by atoms with Gasteiger partial charge < -0.3 is 9.47 Å². The number of carbonyl (C=O) groups excluding carboxylic acids is 1. The Morgan fingerprint density at radius 2 is 2.21 bits per heavy atom. The van der Waals surface area contributed by atoms with E-state index >= 15 is 0 Å². The second-order valence-corrected chi connectivity index (χ2v) is 4.19. The Morgan fingerprint density at radius 1 is 1.53 bits per heavy atom. The van der Waals surface area contributed by atoms with Crippen LogP contribution in [0.4, 0.5) is 13.2 Å². The first-order chi connectivity index (χ1) is 8.90. The lowest BCUT2D eigenvalue weighted by molar-refractivity contribution is -0.127. The molecule has 1 aliphatic rings. The number of ether oxygens (including phenoxy) is 2. The summed E-state index contributed by atoms with van der Waals surface area (Å²) in [7, 11) is 1.13. The van der Waals surface area contributed by atoms with E-state index in [4.69, 9.17) is 4.74 Å². The molecule has 0 aromatic carbocycles. The second kappa shape index (κ2) is 4.76. The Hall–Kier alpha value is -1.70. The molecular formula is C11H11F3N2O3. The van der Waals surface area contributed by atoms with Crippen LogP contribution in [0.3, 0.4) is 0 Å². The summed E-state index contributed by atoms with van der Waals surface area (Å²) >= 11 is 0. The van der Waals surface area contributed by atoms with Gasteiger partial charge in [-0.3, -0.25) is 0 Å². The van der Waals surface area contributed by atoms with E-state index in [-0.39, 0.29) is 18.1 Å². The van der Waals surface area contributed by atoms with E-state index in [0.717, 1.165) is 7.11 Å². The fourth-order valence-corrected chi connectivity index (χ4v) is 1.88. The number of halogens is 3. The Balaban J connectivity index is 2.45. The van der Waals surface area contributed by atoms with Crippen molar-refractivity contribution < 1.29 is 27.4 Å². The van der Waals surface area contributed by atoms with Gasteiger partial charge in [0.15, 0.2) is 6.17 Å². The van der Waals surface area contributed by atoms with Crippen molar-refractivity contribution in [3.05, 3.63) is 23.3 Å². The number of alkyl halides is 3. The first-order valence-corrected chi connectivity index (χ1v) is 5.41. The quantitative estimate of drug-likeness (QED) is 0.785. The molecule has 2 unspecified atom stereocenters. The molecule has 5 nitrogen and oxygen atoms in total. The molecule has 8 heteroatoms. The zero-order chi connectivity index (χ0) is 14.2. The third-order valence-corrected chi connectivity index (χ3v) is 2.98. The maximum Gasteiger partial charge on any atom is 0.376 e. The van der Waals surface area contributed by atoms with Crippen molar-refractivity contribution in [2.75, 3.05) is 7.11 Å². The number of aromatic nitrogens is 2. The molecule has 0 fully saturated rings. The highest BCUT2D eigenvalue weighted by molar-refractivity contribution is 5.85. The standard InChI is InChI=1S/C11H11F3N2O3/c1-11(6(12)8(13)14)7-5(4-19-11)3-15-9(16-7)10(17)18-2/h3,6,8H,4H2,1-2H3. The van der Waals surface area contributed by atoms with Gasteiger partial charge in [-0.25, -0.2) is 27.9 Å². The van der Waals surface area contributed by atoms with E-state index < -0.39 is 24.2 Å². The summed E-state index contributed by atoms with van der Waals surface area (Å²) in [5.74, 6) is -1.15. The van der Waals surface area contributed by atoms with Gasteiger partial charge in [-0.15, -0.1) is 0 Å². The Kier molecular flexibility index (Phi) is 3.44. The Morgan fingerprint density at radius 3 is 2.79 bits per heavy atom. The average Bonchev–Trinajstić information content (AvgIpc) is 2.75. The van der Waals surface area contributed by atoms with Gasteiger partial charge in [-0.05, 0) is 6.92 Å². The average molecular weight is 276 g/mol. The van der Waals surface area contributed by atoms with Gasteiger partial charge in [0.1, 0.15) is 5.60 Å². The maximum absolute atomic E-state index is 13.7. The number of fused-ring (bicyclic) bond motifs is 1. The Labute approximate surface area is 106 Å². The van der Waals surface area contributed by atoms with Crippen molar-refractivity contribution >= 4 is 5.97 Å². The van der Waals surface area contributed by atoms with Gasteiger partial charge in [0.25, 0.3) is 6.43 Å². The van der Waals surface area contributed by atoms with Crippen LogP contribution in [0.1, 0.15) is 28.8 Å². The highest BCUT2D eigenvalue weighted by atomic mass is 19.3. The van der Waals surface area contributed by atoms with E-state index in [9.17, 15) is 18.0 Å². The highest BCUT2D eigenvalue weighted by Gasteiger charge is 2.49. The molecule has 104 valence electrons. The van der Waals surface area contributed by atoms with E-state index in [1.54, 1.807) is 0 Å². The fraction of sp³-hybridized carbons (Fsp3) is 0.545. The van der Waals surface area contributed by atoms with Crippen molar-refractivity contribution in [2.45, 2.75) is 31.7 Å². The Bertz CT molecular complexity index is 512. The minimum atomic E-state index is -3.22. The number of methoxy groups -OCH3 is 1. The van der Waals surface area contributed by atoms with Crippen molar-refractivity contribution in [1.29, 1.82) is 0 Å². The van der Waals surface area contributed by atoms with Gasteiger partial charge in [0.05, 0.1) is 19.4 Å².